The molecule has 6 heteroatoms. The molecule has 2 amide bonds. The first kappa shape index (κ1) is 25.7. The lowest BCUT2D eigenvalue weighted by Crippen LogP contribution is -2.45. The van der Waals surface area contributed by atoms with Crippen molar-refractivity contribution in [2.45, 2.75) is 45.1 Å². The van der Waals surface area contributed by atoms with Crippen molar-refractivity contribution in [1.82, 2.24) is 14.7 Å². The summed E-state index contributed by atoms with van der Waals surface area (Å²) in [5.74, 6) is 0.232. The highest BCUT2D eigenvalue weighted by Crippen LogP contribution is 2.37. The molecule has 2 aromatic carbocycles. The van der Waals surface area contributed by atoms with E-state index in [1.54, 1.807) is 0 Å². The monoisotopic (exact) mass is 515 g/mol. The summed E-state index contributed by atoms with van der Waals surface area (Å²) < 4.78 is 0. The van der Waals surface area contributed by atoms with E-state index in [2.05, 4.69) is 59.7 Å². The van der Waals surface area contributed by atoms with Crippen molar-refractivity contribution in [2.24, 2.45) is 0 Å². The molecule has 1 atom stereocenters. The van der Waals surface area contributed by atoms with Gasteiger partial charge in [0.05, 0.1) is 12.6 Å². The maximum absolute atomic E-state index is 13.5. The molecule has 0 bridgehead atoms. The van der Waals surface area contributed by atoms with Crippen molar-refractivity contribution in [1.29, 1.82) is 0 Å². The predicted octanol–water partition coefficient (Wildman–Crippen LogP) is 5.41. The molecule has 194 valence electrons. The van der Waals surface area contributed by atoms with Gasteiger partial charge in [-0.3, -0.25) is 14.5 Å². The molecule has 2 aliphatic rings. The number of benzene rings is 2. The third-order valence-electron chi connectivity index (χ3n) is 7.68. The van der Waals surface area contributed by atoms with E-state index < -0.39 is 0 Å². The zero-order chi connectivity index (χ0) is 25.6. The van der Waals surface area contributed by atoms with Gasteiger partial charge in [0, 0.05) is 43.2 Å². The molecule has 0 radical (unpaired) electrons. The van der Waals surface area contributed by atoms with Gasteiger partial charge >= 0.3 is 0 Å². The highest BCUT2D eigenvalue weighted by Gasteiger charge is 2.32. The van der Waals surface area contributed by atoms with Crippen LogP contribution in [0.2, 0.25) is 0 Å². The Kier molecular flexibility index (Phi) is 8.37. The summed E-state index contributed by atoms with van der Waals surface area (Å²) in [7, 11) is 0. The average Bonchev–Trinajstić information content (AvgIpc) is 3.27. The van der Waals surface area contributed by atoms with Crippen LogP contribution in [0.4, 0.5) is 0 Å². The number of rotatable bonds is 7. The molecule has 3 heterocycles. The van der Waals surface area contributed by atoms with E-state index in [9.17, 15) is 9.59 Å². The highest BCUT2D eigenvalue weighted by molar-refractivity contribution is 7.10. The fraction of sp³-hybridized carbons (Fsp3) is 0.419. The molecule has 0 saturated carbocycles. The van der Waals surface area contributed by atoms with Crippen LogP contribution in [-0.4, -0.2) is 65.8 Å². The van der Waals surface area contributed by atoms with E-state index in [0.717, 1.165) is 31.4 Å². The standard InChI is InChI=1S/C31H37N3O2S/c1-2-3-8-24-11-13-26(14-12-24)31(36)33-18-7-17-32(20-21-33)29(35)23-34-19-15-28-27(16-22-37-28)30(34)25-9-5-4-6-10-25/h4-6,9-14,16,22,30H,2-3,7-8,15,17-21,23H2,1H3/t30-/m0/s1. The van der Waals surface area contributed by atoms with Gasteiger partial charge in [-0.1, -0.05) is 55.8 Å². The second-order valence-corrected chi connectivity index (χ2v) is 11.2. The molecule has 3 aromatic rings. The molecule has 1 fully saturated rings. The molecule has 1 saturated heterocycles. The number of hydrogen-bond donors (Lipinski definition) is 0. The van der Waals surface area contributed by atoms with Gasteiger partial charge < -0.3 is 9.80 Å². The molecular weight excluding hydrogens is 478 g/mol. The second-order valence-electron chi connectivity index (χ2n) is 10.2. The maximum atomic E-state index is 13.5. The first-order chi connectivity index (χ1) is 18.1. The SMILES string of the molecule is CCCCc1ccc(C(=O)N2CCCN(C(=O)CN3CCc4sccc4[C@@H]3c3ccccc3)CC2)cc1. The number of fused-ring (bicyclic) bond motifs is 1. The first-order valence-corrected chi connectivity index (χ1v) is 14.5. The first-order valence-electron chi connectivity index (χ1n) is 13.7. The van der Waals surface area contributed by atoms with Gasteiger partial charge in [0.2, 0.25) is 5.91 Å². The molecule has 2 aliphatic heterocycles. The van der Waals surface area contributed by atoms with Gasteiger partial charge in [-0.15, -0.1) is 11.3 Å². The summed E-state index contributed by atoms with van der Waals surface area (Å²) in [6.45, 7) is 6.04. The Bertz CT molecular complexity index is 1190. The number of hydrogen-bond acceptors (Lipinski definition) is 4. The molecule has 1 aromatic heterocycles. The Morgan fingerprint density at radius 3 is 2.43 bits per heavy atom. The van der Waals surface area contributed by atoms with Crippen molar-refractivity contribution in [3.8, 4) is 0 Å². The van der Waals surface area contributed by atoms with E-state index in [1.807, 2.05) is 39.3 Å². The van der Waals surface area contributed by atoms with Crippen molar-refractivity contribution >= 4 is 23.2 Å². The normalized spacial score (nSPS) is 18.4. The zero-order valence-electron chi connectivity index (χ0n) is 21.8. The molecular formula is C31H37N3O2S. The number of nitrogens with zero attached hydrogens (tertiary/aromatic N) is 3. The van der Waals surface area contributed by atoms with Gasteiger partial charge in [-0.05, 0) is 66.0 Å². The second kappa shape index (κ2) is 12.1. The minimum atomic E-state index is 0.0708. The molecule has 0 unspecified atom stereocenters. The number of carbonyl (C=O) groups is 2. The van der Waals surface area contributed by atoms with Crippen LogP contribution >= 0.6 is 11.3 Å². The summed E-state index contributed by atoms with van der Waals surface area (Å²) >= 11 is 1.82. The molecule has 37 heavy (non-hydrogen) atoms. The lowest BCUT2D eigenvalue weighted by atomic mass is 9.93. The van der Waals surface area contributed by atoms with Crippen LogP contribution in [0.3, 0.4) is 0 Å². The van der Waals surface area contributed by atoms with Crippen molar-refractivity contribution < 1.29 is 9.59 Å². The van der Waals surface area contributed by atoms with Crippen molar-refractivity contribution in [2.75, 3.05) is 39.3 Å². The fourth-order valence-corrected chi connectivity index (χ4v) is 6.49. The van der Waals surface area contributed by atoms with Crippen LogP contribution in [0, 0.1) is 0 Å². The number of amides is 2. The molecule has 5 rings (SSSR count). The smallest absolute Gasteiger partial charge is 0.253 e. The van der Waals surface area contributed by atoms with Crippen LogP contribution in [0.5, 0.6) is 0 Å². The molecule has 0 aliphatic carbocycles. The fourth-order valence-electron chi connectivity index (χ4n) is 5.59. The largest absolute Gasteiger partial charge is 0.340 e. The Morgan fingerprint density at radius 1 is 0.892 bits per heavy atom. The number of carbonyl (C=O) groups excluding carboxylic acids is 2. The van der Waals surface area contributed by atoms with Gasteiger partial charge in [-0.2, -0.15) is 0 Å². The van der Waals surface area contributed by atoms with Crippen LogP contribution < -0.4 is 0 Å². The van der Waals surface area contributed by atoms with Gasteiger partial charge in [0.1, 0.15) is 0 Å². The lowest BCUT2D eigenvalue weighted by Gasteiger charge is -2.37. The van der Waals surface area contributed by atoms with E-state index >= 15 is 0 Å². The van der Waals surface area contributed by atoms with E-state index in [4.69, 9.17) is 0 Å². The van der Waals surface area contributed by atoms with Gasteiger partial charge in [0.15, 0.2) is 0 Å². The van der Waals surface area contributed by atoms with Crippen LogP contribution in [0.25, 0.3) is 0 Å². The predicted molar refractivity (Wildman–Crippen MR) is 150 cm³/mol. The summed E-state index contributed by atoms with van der Waals surface area (Å²) in [5.41, 5.74) is 4.60. The summed E-state index contributed by atoms with van der Waals surface area (Å²) in [4.78, 5) is 34.3. The van der Waals surface area contributed by atoms with Crippen molar-refractivity contribution in [3.05, 3.63) is 93.2 Å². The Balaban J connectivity index is 1.21. The third-order valence-corrected chi connectivity index (χ3v) is 8.67. The number of thiophene rings is 1. The Labute approximate surface area is 224 Å². The topological polar surface area (TPSA) is 43.9 Å². The number of unbranched alkanes of at least 4 members (excludes halogenated alkanes) is 1. The van der Waals surface area contributed by atoms with E-state index in [-0.39, 0.29) is 17.9 Å². The van der Waals surface area contributed by atoms with E-state index in [0.29, 0.717) is 32.7 Å². The number of aryl methyl sites for hydroxylation is 1. The Morgan fingerprint density at radius 2 is 1.65 bits per heavy atom. The quantitative estimate of drug-likeness (QED) is 0.422. The Hall–Kier alpha value is -2.96. The molecule has 0 N–H and O–H groups in total. The lowest BCUT2D eigenvalue weighted by molar-refractivity contribution is -0.132. The zero-order valence-corrected chi connectivity index (χ0v) is 22.6. The summed E-state index contributed by atoms with van der Waals surface area (Å²) in [6.07, 6.45) is 5.19. The van der Waals surface area contributed by atoms with Gasteiger partial charge in [0.25, 0.3) is 5.91 Å². The average molecular weight is 516 g/mol. The maximum Gasteiger partial charge on any atom is 0.253 e. The van der Waals surface area contributed by atoms with Crippen LogP contribution in [0.1, 0.15) is 64.2 Å². The minimum absolute atomic E-state index is 0.0708. The van der Waals surface area contributed by atoms with Crippen molar-refractivity contribution in [3.63, 3.8) is 0 Å². The minimum Gasteiger partial charge on any atom is -0.340 e. The van der Waals surface area contributed by atoms with E-state index in [1.165, 1.54) is 34.4 Å². The third kappa shape index (κ3) is 5.97. The summed E-state index contributed by atoms with van der Waals surface area (Å²) in [6, 6.07) is 21.0. The van der Waals surface area contributed by atoms with Gasteiger partial charge in [-0.25, -0.2) is 0 Å². The van der Waals surface area contributed by atoms with Crippen LogP contribution in [0.15, 0.2) is 66.0 Å². The molecule has 5 nitrogen and oxygen atoms in total. The molecule has 0 spiro atoms. The highest BCUT2D eigenvalue weighted by atomic mass is 32.1. The van der Waals surface area contributed by atoms with Crippen LogP contribution in [-0.2, 0) is 17.6 Å². The summed E-state index contributed by atoms with van der Waals surface area (Å²) in [5, 5.41) is 2.17.